The van der Waals surface area contributed by atoms with Crippen LogP contribution < -0.4 is 10.4 Å². The summed E-state index contributed by atoms with van der Waals surface area (Å²) in [4.78, 5) is 22.0. The van der Waals surface area contributed by atoms with Crippen LogP contribution in [-0.2, 0) is 4.84 Å². The Bertz CT molecular complexity index is 979. The maximum absolute atomic E-state index is 12.4. The molecule has 8 nitrogen and oxygen atoms in total. The van der Waals surface area contributed by atoms with E-state index in [-0.39, 0.29) is 18.4 Å². The summed E-state index contributed by atoms with van der Waals surface area (Å²) >= 11 is 0. The third-order valence-electron chi connectivity index (χ3n) is 4.61. The minimum absolute atomic E-state index is 0.0370. The van der Waals surface area contributed by atoms with Crippen LogP contribution in [0.2, 0.25) is 0 Å². The number of furan rings is 1. The highest BCUT2D eigenvalue weighted by atomic mass is 16.7. The average Bonchev–Trinajstić information content (AvgIpc) is 3.23. The van der Waals surface area contributed by atoms with E-state index in [9.17, 15) is 9.90 Å². The van der Waals surface area contributed by atoms with Crippen molar-refractivity contribution in [1.82, 2.24) is 14.6 Å². The fraction of sp³-hybridized carbons (Fsp3) is 0.333. The molecule has 1 aromatic carbocycles. The molecule has 0 aliphatic carbocycles. The van der Waals surface area contributed by atoms with E-state index in [0.717, 1.165) is 11.3 Å². The summed E-state index contributed by atoms with van der Waals surface area (Å²) in [5.74, 6) is 1.37. The van der Waals surface area contributed by atoms with Crippen LogP contribution in [0.25, 0.3) is 22.4 Å². The standard InChI is InChI=1S/C18H19N3O5/c1-20-13(10-22)8-16(26-20)21-9-12-7-15(25-17(12)19-18(21)23)11-3-5-14(24-2)6-4-11/h3-7,9,13,16,22H,8,10H2,1-2H3. The topological polar surface area (TPSA) is 90.0 Å². The van der Waals surface area contributed by atoms with Gasteiger partial charge in [0, 0.05) is 25.2 Å². The van der Waals surface area contributed by atoms with Crippen molar-refractivity contribution in [2.24, 2.45) is 0 Å². The molecule has 2 atom stereocenters. The normalized spacial score (nSPS) is 20.7. The van der Waals surface area contributed by atoms with Gasteiger partial charge in [0.25, 0.3) is 0 Å². The number of aliphatic hydroxyl groups is 1. The number of benzene rings is 1. The van der Waals surface area contributed by atoms with Gasteiger partial charge in [-0.05, 0) is 30.3 Å². The zero-order valence-electron chi connectivity index (χ0n) is 14.5. The fourth-order valence-electron chi connectivity index (χ4n) is 3.08. The Morgan fingerprint density at radius 2 is 2.12 bits per heavy atom. The SMILES string of the molecule is COc1ccc(-c2cc3cn(C4CC(CO)N(C)O4)c(=O)nc3o2)cc1. The van der Waals surface area contributed by atoms with Gasteiger partial charge in [-0.25, -0.2) is 4.79 Å². The highest BCUT2D eigenvalue weighted by molar-refractivity contribution is 5.79. The molecule has 2 unspecified atom stereocenters. The first-order chi connectivity index (χ1) is 12.6. The third kappa shape index (κ3) is 2.88. The molecular formula is C18H19N3O5. The number of methoxy groups -OCH3 is 1. The van der Waals surface area contributed by atoms with E-state index in [1.165, 1.54) is 4.57 Å². The molecular weight excluding hydrogens is 338 g/mol. The van der Waals surface area contributed by atoms with Crippen LogP contribution in [0.1, 0.15) is 12.6 Å². The number of ether oxygens (including phenoxy) is 1. The Morgan fingerprint density at radius 1 is 1.35 bits per heavy atom. The molecule has 26 heavy (non-hydrogen) atoms. The lowest BCUT2D eigenvalue weighted by atomic mass is 10.1. The monoisotopic (exact) mass is 357 g/mol. The number of aliphatic hydroxyl groups excluding tert-OH is 1. The first-order valence-corrected chi connectivity index (χ1v) is 8.26. The lowest BCUT2D eigenvalue weighted by Crippen LogP contribution is -2.27. The van der Waals surface area contributed by atoms with Crippen molar-refractivity contribution < 1.29 is 19.1 Å². The first kappa shape index (κ1) is 16.8. The number of likely N-dealkylation sites (N-methyl/N-ethyl adjacent to an activating group) is 1. The molecule has 0 amide bonds. The number of hydrogen-bond donors (Lipinski definition) is 1. The minimum Gasteiger partial charge on any atom is -0.497 e. The van der Waals surface area contributed by atoms with Crippen molar-refractivity contribution in [3.05, 3.63) is 47.0 Å². The van der Waals surface area contributed by atoms with Crippen LogP contribution in [-0.4, -0.2) is 46.5 Å². The molecule has 0 spiro atoms. The lowest BCUT2D eigenvalue weighted by molar-refractivity contribution is -0.170. The lowest BCUT2D eigenvalue weighted by Gasteiger charge is -2.14. The van der Waals surface area contributed by atoms with E-state index in [0.29, 0.717) is 17.6 Å². The summed E-state index contributed by atoms with van der Waals surface area (Å²) in [5, 5.41) is 11.6. The van der Waals surface area contributed by atoms with Crippen LogP contribution in [0.5, 0.6) is 5.75 Å². The Labute approximate surface area is 149 Å². The van der Waals surface area contributed by atoms with E-state index in [1.54, 1.807) is 25.4 Å². The third-order valence-corrected chi connectivity index (χ3v) is 4.61. The molecule has 1 saturated heterocycles. The highest BCUT2D eigenvalue weighted by Crippen LogP contribution is 2.30. The number of hydroxylamine groups is 2. The van der Waals surface area contributed by atoms with E-state index >= 15 is 0 Å². The van der Waals surface area contributed by atoms with Crippen LogP contribution in [0.4, 0.5) is 0 Å². The maximum atomic E-state index is 12.4. The van der Waals surface area contributed by atoms with Gasteiger partial charge >= 0.3 is 5.69 Å². The maximum Gasteiger partial charge on any atom is 0.353 e. The van der Waals surface area contributed by atoms with Gasteiger partial charge in [-0.1, -0.05) is 0 Å². The van der Waals surface area contributed by atoms with Crippen molar-refractivity contribution in [3.63, 3.8) is 0 Å². The van der Waals surface area contributed by atoms with Gasteiger partial charge in [0.1, 0.15) is 11.5 Å². The number of hydrogen-bond acceptors (Lipinski definition) is 7. The Hall–Kier alpha value is -2.68. The van der Waals surface area contributed by atoms with Gasteiger partial charge in [0.2, 0.25) is 5.71 Å². The van der Waals surface area contributed by atoms with Crippen LogP contribution in [0.3, 0.4) is 0 Å². The summed E-state index contributed by atoms with van der Waals surface area (Å²) in [6.07, 6.45) is 1.68. The summed E-state index contributed by atoms with van der Waals surface area (Å²) < 4.78 is 12.3. The molecule has 136 valence electrons. The van der Waals surface area contributed by atoms with Gasteiger partial charge in [0.15, 0.2) is 6.23 Å². The molecule has 1 aliphatic heterocycles. The predicted octanol–water partition coefficient (Wildman–Crippen LogP) is 1.79. The second-order valence-electron chi connectivity index (χ2n) is 6.21. The Kier molecular flexibility index (Phi) is 4.23. The number of fused-ring (bicyclic) bond motifs is 1. The largest absolute Gasteiger partial charge is 0.497 e. The van der Waals surface area contributed by atoms with Crippen molar-refractivity contribution in [2.75, 3.05) is 20.8 Å². The molecule has 0 saturated carbocycles. The molecule has 0 radical (unpaired) electrons. The number of rotatable bonds is 4. The highest BCUT2D eigenvalue weighted by Gasteiger charge is 2.32. The zero-order chi connectivity index (χ0) is 18.3. The quantitative estimate of drug-likeness (QED) is 0.761. The van der Waals surface area contributed by atoms with E-state index in [2.05, 4.69) is 4.98 Å². The summed E-state index contributed by atoms with van der Waals surface area (Å²) in [6.45, 7) is -0.0370. The molecule has 8 heteroatoms. The molecule has 1 fully saturated rings. The Balaban J connectivity index is 1.70. The molecule has 3 heterocycles. The summed E-state index contributed by atoms with van der Waals surface area (Å²) in [7, 11) is 3.34. The molecule has 3 aromatic rings. The van der Waals surface area contributed by atoms with Crippen LogP contribution >= 0.6 is 0 Å². The van der Waals surface area contributed by atoms with Crippen molar-refractivity contribution in [2.45, 2.75) is 18.7 Å². The van der Waals surface area contributed by atoms with Crippen LogP contribution in [0, 0.1) is 0 Å². The van der Waals surface area contributed by atoms with Gasteiger partial charge in [-0.15, -0.1) is 0 Å². The average molecular weight is 357 g/mol. The van der Waals surface area contributed by atoms with Crippen molar-refractivity contribution in [1.29, 1.82) is 0 Å². The Morgan fingerprint density at radius 3 is 2.77 bits per heavy atom. The molecule has 2 aromatic heterocycles. The summed E-state index contributed by atoms with van der Waals surface area (Å²) in [6, 6.07) is 9.12. The van der Waals surface area contributed by atoms with Gasteiger partial charge in [0.05, 0.1) is 25.1 Å². The molecule has 1 N–H and O–H groups in total. The van der Waals surface area contributed by atoms with Gasteiger partial charge in [-0.3, -0.25) is 9.40 Å². The predicted molar refractivity (Wildman–Crippen MR) is 93.6 cm³/mol. The molecule has 0 bridgehead atoms. The van der Waals surface area contributed by atoms with Crippen molar-refractivity contribution in [3.8, 4) is 17.1 Å². The first-order valence-electron chi connectivity index (χ1n) is 8.26. The van der Waals surface area contributed by atoms with Gasteiger partial charge < -0.3 is 14.3 Å². The molecule has 1 aliphatic rings. The van der Waals surface area contributed by atoms with Crippen molar-refractivity contribution >= 4 is 11.1 Å². The fourth-order valence-corrected chi connectivity index (χ4v) is 3.08. The number of aromatic nitrogens is 2. The number of nitrogens with zero attached hydrogens (tertiary/aromatic N) is 3. The second-order valence-corrected chi connectivity index (χ2v) is 6.21. The summed E-state index contributed by atoms with van der Waals surface area (Å²) in [5.41, 5.74) is 0.687. The van der Waals surface area contributed by atoms with Gasteiger partial charge in [-0.2, -0.15) is 10.0 Å². The molecule has 4 rings (SSSR count). The van der Waals surface area contributed by atoms with E-state index in [4.69, 9.17) is 14.0 Å². The van der Waals surface area contributed by atoms with E-state index < -0.39 is 11.9 Å². The zero-order valence-corrected chi connectivity index (χ0v) is 14.5. The smallest absolute Gasteiger partial charge is 0.353 e. The minimum atomic E-state index is -0.499. The van der Waals surface area contributed by atoms with E-state index in [1.807, 2.05) is 30.3 Å². The second kappa shape index (κ2) is 6.56. The van der Waals surface area contributed by atoms with Crippen LogP contribution in [0.15, 0.2) is 45.7 Å².